The van der Waals surface area contributed by atoms with Gasteiger partial charge in [0.25, 0.3) is 0 Å². The van der Waals surface area contributed by atoms with E-state index >= 15 is 0 Å². The van der Waals surface area contributed by atoms with Gasteiger partial charge >= 0.3 is 0 Å². The van der Waals surface area contributed by atoms with Crippen molar-refractivity contribution in [3.63, 3.8) is 0 Å². The van der Waals surface area contributed by atoms with Crippen LogP contribution in [0.4, 0.5) is 0 Å². The third-order valence-electron chi connectivity index (χ3n) is 7.67. The number of hydrogen-bond acceptors (Lipinski definition) is 7. The summed E-state index contributed by atoms with van der Waals surface area (Å²) in [7, 11) is 0. The van der Waals surface area contributed by atoms with Crippen LogP contribution in [0.3, 0.4) is 0 Å². The average molecular weight is 561 g/mol. The van der Waals surface area contributed by atoms with Crippen molar-refractivity contribution < 1.29 is 14.3 Å². The van der Waals surface area contributed by atoms with Crippen molar-refractivity contribution in [3.05, 3.63) is 65.4 Å². The summed E-state index contributed by atoms with van der Waals surface area (Å²) in [4.78, 5) is 29.8. The highest BCUT2D eigenvalue weighted by Gasteiger charge is 2.41. The molecule has 1 amide bonds. The third kappa shape index (κ3) is 5.62. The normalized spacial score (nSPS) is 16.7. The molecule has 2 fully saturated rings. The Morgan fingerprint density at radius 2 is 1.80 bits per heavy atom. The number of benzene rings is 2. The maximum absolute atomic E-state index is 11.6. The molecule has 1 saturated heterocycles. The Bertz CT molecular complexity index is 1510. The number of rotatable bonds is 9. The van der Waals surface area contributed by atoms with Crippen molar-refractivity contribution in [2.24, 2.45) is 0 Å². The second-order valence-corrected chi connectivity index (χ2v) is 11.1. The van der Waals surface area contributed by atoms with Crippen molar-refractivity contribution in [3.8, 4) is 23.0 Å². The van der Waals surface area contributed by atoms with Crippen molar-refractivity contribution in [2.75, 3.05) is 39.3 Å². The van der Waals surface area contributed by atoms with Gasteiger partial charge in [-0.2, -0.15) is 4.98 Å². The molecule has 2 aromatic carbocycles. The average Bonchev–Trinajstić information content (AvgIpc) is 3.58. The van der Waals surface area contributed by atoms with Gasteiger partial charge in [0.15, 0.2) is 11.2 Å². The molecule has 1 aliphatic heterocycles. The van der Waals surface area contributed by atoms with Gasteiger partial charge in [-0.05, 0) is 37.5 Å². The largest absolute Gasteiger partial charge is 0.491 e. The molecule has 0 N–H and O–H groups in total. The zero-order valence-electron chi connectivity index (χ0n) is 22.8. The molecule has 9 nitrogen and oxygen atoms in total. The van der Waals surface area contributed by atoms with Gasteiger partial charge < -0.3 is 18.9 Å². The number of ether oxygens (including phenoxy) is 2. The number of hydrogen-bond donors (Lipinski definition) is 0. The zero-order valence-corrected chi connectivity index (χ0v) is 23.6. The monoisotopic (exact) mass is 560 g/mol. The van der Waals surface area contributed by atoms with Gasteiger partial charge in [-0.1, -0.05) is 48.0 Å². The Morgan fingerprint density at radius 3 is 2.52 bits per heavy atom. The van der Waals surface area contributed by atoms with Crippen LogP contribution in [0.5, 0.6) is 11.6 Å². The van der Waals surface area contributed by atoms with E-state index in [1.165, 1.54) is 6.33 Å². The Balaban J connectivity index is 1.28. The Labute approximate surface area is 238 Å². The second kappa shape index (κ2) is 11.1. The number of carbonyl (C=O) groups excluding carboxylic acids is 1. The lowest BCUT2D eigenvalue weighted by Crippen LogP contribution is -2.48. The molecule has 208 valence electrons. The number of nitrogens with zero attached hydrogens (tertiary/aromatic N) is 6. The smallest absolute Gasteiger partial charge is 0.245 e. The van der Waals surface area contributed by atoms with Gasteiger partial charge in [-0.15, -0.1) is 0 Å². The molecule has 0 atom stereocenters. The summed E-state index contributed by atoms with van der Waals surface area (Å²) in [6.07, 6.45) is 3.52. The second-order valence-electron chi connectivity index (χ2n) is 10.7. The Morgan fingerprint density at radius 1 is 1.02 bits per heavy atom. The number of carbonyl (C=O) groups is 1. The standard InChI is InChI=1S/C30H33ClN6O3/c1-21(38)36-15-13-35(14-16-36)17-18-39-24-10-6-9-23(25(24)31)27-34-26-28(37(27)19-22-7-4-3-5-8-22)32-20-33-29(26)40-30(2)11-12-30/h3-10,20H,11-19H2,1-2H3. The van der Waals surface area contributed by atoms with Crippen LogP contribution < -0.4 is 9.47 Å². The van der Waals surface area contributed by atoms with Crippen LogP contribution >= 0.6 is 11.6 Å². The SMILES string of the molecule is CC(=O)N1CCN(CCOc2cccc(-c3nc4c(OC5(C)CC5)ncnc4n3Cc3ccccc3)c2Cl)CC1. The first kappa shape index (κ1) is 26.5. The molecule has 2 aliphatic rings. The molecule has 1 aliphatic carbocycles. The van der Waals surface area contributed by atoms with E-state index in [2.05, 4.69) is 38.5 Å². The van der Waals surface area contributed by atoms with E-state index in [1.807, 2.05) is 41.3 Å². The van der Waals surface area contributed by atoms with E-state index in [0.717, 1.165) is 56.7 Å². The number of fused-ring (bicyclic) bond motifs is 1. The molecule has 3 heterocycles. The van der Waals surface area contributed by atoms with E-state index in [-0.39, 0.29) is 11.5 Å². The Kier molecular flexibility index (Phi) is 7.33. The van der Waals surface area contributed by atoms with Crippen LogP contribution in [0.1, 0.15) is 32.3 Å². The summed E-state index contributed by atoms with van der Waals surface area (Å²) in [5, 5.41) is 0.498. The quantitative estimate of drug-likeness (QED) is 0.294. The summed E-state index contributed by atoms with van der Waals surface area (Å²) in [6.45, 7) is 8.69. The van der Waals surface area contributed by atoms with Gasteiger partial charge in [0.1, 0.15) is 30.1 Å². The van der Waals surface area contributed by atoms with Crippen molar-refractivity contribution in [2.45, 2.75) is 38.8 Å². The first-order valence-corrected chi connectivity index (χ1v) is 14.1. The van der Waals surface area contributed by atoms with Gasteiger partial charge in [-0.3, -0.25) is 9.69 Å². The van der Waals surface area contributed by atoms with Crippen molar-refractivity contribution >= 4 is 28.7 Å². The lowest BCUT2D eigenvalue weighted by atomic mass is 10.2. The molecule has 2 aromatic heterocycles. The predicted molar refractivity (Wildman–Crippen MR) is 154 cm³/mol. The fourth-order valence-electron chi connectivity index (χ4n) is 4.99. The summed E-state index contributed by atoms with van der Waals surface area (Å²) >= 11 is 6.97. The molecular formula is C30H33ClN6O3. The van der Waals surface area contributed by atoms with E-state index in [0.29, 0.717) is 46.8 Å². The molecule has 6 rings (SSSR count). The van der Waals surface area contributed by atoms with Crippen LogP contribution in [0.25, 0.3) is 22.6 Å². The number of amides is 1. The number of imidazole rings is 1. The molecule has 10 heteroatoms. The maximum Gasteiger partial charge on any atom is 0.245 e. The lowest BCUT2D eigenvalue weighted by molar-refractivity contribution is -0.130. The van der Waals surface area contributed by atoms with E-state index in [9.17, 15) is 4.79 Å². The predicted octanol–water partition coefficient (Wildman–Crippen LogP) is 4.67. The highest BCUT2D eigenvalue weighted by Crippen LogP contribution is 2.42. The van der Waals surface area contributed by atoms with E-state index in [4.69, 9.17) is 26.1 Å². The van der Waals surface area contributed by atoms with Gasteiger partial charge in [0, 0.05) is 45.2 Å². The van der Waals surface area contributed by atoms with Crippen LogP contribution in [0.2, 0.25) is 5.02 Å². The van der Waals surface area contributed by atoms with Gasteiger partial charge in [0.2, 0.25) is 11.8 Å². The minimum atomic E-state index is -0.200. The van der Waals surface area contributed by atoms with Gasteiger partial charge in [-0.25, -0.2) is 9.97 Å². The summed E-state index contributed by atoms with van der Waals surface area (Å²) in [5.74, 6) is 1.91. The number of piperazine rings is 1. The topological polar surface area (TPSA) is 85.6 Å². The molecule has 0 bridgehead atoms. The van der Waals surface area contributed by atoms with Crippen LogP contribution in [-0.4, -0.2) is 80.2 Å². The highest BCUT2D eigenvalue weighted by atomic mass is 35.5. The minimum absolute atomic E-state index is 0.129. The molecule has 40 heavy (non-hydrogen) atoms. The molecule has 0 spiro atoms. The summed E-state index contributed by atoms with van der Waals surface area (Å²) in [6, 6.07) is 16.0. The summed E-state index contributed by atoms with van der Waals surface area (Å²) in [5.41, 5.74) is 2.99. The van der Waals surface area contributed by atoms with Crippen LogP contribution in [0.15, 0.2) is 54.9 Å². The lowest BCUT2D eigenvalue weighted by Gasteiger charge is -2.34. The fraction of sp³-hybridized carbons (Fsp3) is 0.400. The third-order valence-corrected chi connectivity index (χ3v) is 8.06. The van der Waals surface area contributed by atoms with Crippen LogP contribution in [0, 0.1) is 0 Å². The molecule has 1 saturated carbocycles. The van der Waals surface area contributed by atoms with Crippen molar-refractivity contribution in [1.82, 2.24) is 29.3 Å². The number of halogens is 1. The Hall–Kier alpha value is -3.69. The minimum Gasteiger partial charge on any atom is -0.491 e. The fourth-order valence-corrected chi connectivity index (χ4v) is 5.25. The summed E-state index contributed by atoms with van der Waals surface area (Å²) < 4.78 is 14.5. The van der Waals surface area contributed by atoms with Crippen LogP contribution in [-0.2, 0) is 11.3 Å². The first-order chi connectivity index (χ1) is 19.4. The van der Waals surface area contributed by atoms with E-state index in [1.54, 1.807) is 6.92 Å². The molecule has 0 radical (unpaired) electrons. The first-order valence-electron chi connectivity index (χ1n) is 13.7. The molecule has 4 aromatic rings. The van der Waals surface area contributed by atoms with Gasteiger partial charge in [0.05, 0.1) is 11.6 Å². The molecular weight excluding hydrogens is 528 g/mol. The molecule has 0 unspecified atom stereocenters. The zero-order chi connectivity index (χ0) is 27.7. The van der Waals surface area contributed by atoms with Crippen molar-refractivity contribution in [1.29, 1.82) is 0 Å². The van der Waals surface area contributed by atoms with E-state index < -0.39 is 0 Å². The maximum atomic E-state index is 11.6. The highest BCUT2D eigenvalue weighted by molar-refractivity contribution is 6.34. The number of aromatic nitrogens is 4.